The van der Waals surface area contributed by atoms with Crippen LogP contribution in [0.4, 0.5) is 9.18 Å². The van der Waals surface area contributed by atoms with Crippen molar-refractivity contribution < 1.29 is 28.3 Å². The van der Waals surface area contributed by atoms with Crippen molar-refractivity contribution >= 4 is 17.8 Å². The molecule has 2 aliphatic heterocycles. The highest BCUT2D eigenvalue weighted by molar-refractivity contribution is 6.08. The van der Waals surface area contributed by atoms with Crippen LogP contribution < -0.4 is 10.6 Å². The molecule has 1 fully saturated rings. The number of nitrogens with zero attached hydrogens (tertiary/aromatic N) is 1. The number of furan rings is 1. The van der Waals surface area contributed by atoms with Crippen molar-refractivity contribution in [3.05, 3.63) is 53.2 Å². The van der Waals surface area contributed by atoms with Crippen LogP contribution in [0.1, 0.15) is 21.7 Å². The van der Waals surface area contributed by atoms with Crippen LogP contribution >= 0.6 is 0 Å². The van der Waals surface area contributed by atoms with E-state index in [4.69, 9.17) is 4.42 Å². The number of fused-ring (bicyclic) bond motifs is 1. The number of rotatable bonds is 3. The zero-order chi connectivity index (χ0) is 17.8. The molecular formula is C16H12FN3O5. The fourth-order valence-electron chi connectivity index (χ4n) is 3.19. The summed E-state index contributed by atoms with van der Waals surface area (Å²) < 4.78 is 19.4. The van der Waals surface area contributed by atoms with Crippen LogP contribution in [-0.2, 0) is 16.9 Å². The van der Waals surface area contributed by atoms with Crippen molar-refractivity contribution in [1.29, 1.82) is 0 Å². The SMILES string of the molecule is O=C1NC(=O)[C@@](CN2Cc3ccc(O)c(F)c3C2=O)(c2ccco2)N1. The molecule has 0 saturated carbocycles. The van der Waals surface area contributed by atoms with E-state index in [1.165, 1.54) is 23.3 Å². The average Bonchev–Trinajstić information content (AvgIpc) is 3.25. The molecule has 3 heterocycles. The zero-order valence-corrected chi connectivity index (χ0v) is 12.7. The van der Waals surface area contributed by atoms with E-state index in [2.05, 4.69) is 10.6 Å². The fraction of sp³-hybridized carbons (Fsp3) is 0.188. The van der Waals surface area contributed by atoms with E-state index in [1.807, 2.05) is 0 Å². The van der Waals surface area contributed by atoms with E-state index < -0.39 is 35.0 Å². The van der Waals surface area contributed by atoms with E-state index in [0.717, 1.165) is 6.07 Å². The highest BCUT2D eigenvalue weighted by Crippen LogP contribution is 2.34. The summed E-state index contributed by atoms with van der Waals surface area (Å²) in [6.45, 7) is -0.206. The van der Waals surface area contributed by atoms with Gasteiger partial charge in [0.25, 0.3) is 11.8 Å². The smallest absolute Gasteiger partial charge is 0.322 e. The molecular weight excluding hydrogens is 333 g/mol. The Bertz CT molecular complexity index is 911. The second-order valence-electron chi connectivity index (χ2n) is 5.88. The molecule has 2 aromatic rings. The number of phenolic OH excluding ortho intramolecular Hbond substituents is 1. The maximum atomic E-state index is 14.1. The Morgan fingerprint density at radius 1 is 1.28 bits per heavy atom. The van der Waals surface area contributed by atoms with Gasteiger partial charge in [0.1, 0.15) is 5.76 Å². The van der Waals surface area contributed by atoms with Gasteiger partial charge in [0.05, 0.1) is 18.4 Å². The summed E-state index contributed by atoms with van der Waals surface area (Å²) in [6.07, 6.45) is 1.34. The number of amides is 4. The molecule has 25 heavy (non-hydrogen) atoms. The molecule has 2 aliphatic rings. The lowest BCUT2D eigenvalue weighted by atomic mass is 9.95. The van der Waals surface area contributed by atoms with Crippen molar-refractivity contribution in [2.45, 2.75) is 12.1 Å². The van der Waals surface area contributed by atoms with Crippen molar-refractivity contribution in [2.75, 3.05) is 6.54 Å². The van der Waals surface area contributed by atoms with E-state index in [-0.39, 0.29) is 24.4 Å². The minimum absolute atomic E-state index is 0.0387. The molecule has 0 spiro atoms. The first-order chi connectivity index (χ1) is 11.9. The van der Waals surface area contributed by atoms with Crippen molar-refractivity contribution in [2.24, 2.45) is 0 Å². The first kappa shape index (κ1) is 15.2. The molecule has 4 amide bonds. The number of carbonyl (C=O) groups is 3. The molecule has 1 aromatic heterocycles. The standard InChI is InChI=1S/C16H12FN3O5/c17-12-9(21)4-3-8-6-20(13(22)11(8)12)7-16(10-2-1-5-25-10)14(23)18-15(24)19-16/h1-5,21H,6-7H2,(H2,18,19,23,24)/t16-/m1/s1. The normalized spacial score (nSPS) is 22.1. The van der Waals surface area contributed by atoms with Crippen LogP contribution in [0.5, 0.6) is 5.75 Å². The number of hydrogen-bond donors (Lipinski definition) is 3. The third kappa shape index (κ3) is 2.09. The van der Waals surface area contributed by atoms with E-state index in [1.54, 1.807) is 6.07 Å². The Hall–Kier alpha value is -3.36. The highest BCUT2D eigenvalue weighted by Gasteiger charge is 2.52. The Morgan fingerprint density at radius 2 is 2.08 bits per heavy atom. The molecule has 0 unspecified atom stereocenters. The van der Waals surface area contributed by atoms with Gasteiger partial charge in [-0.15, -0.1) is 0 Å². The minimum atomic E-state index is -1.60. The van der Waals surface area contributed by atoms with E-state index >= 15 is 0 Å². The lowest BCUT2D eigenvalue weighted by molar-refractivity contribution is -0.125. The quantitative estimate of drug-likeness (QED) is 0.713. The first-order valence-electron chi connectivity index (χ1n) is 7.39. The van der Waals surface area contributed by atoms with Gasteiger partial charge in [-0.1, -0.05) is 6.07 Å². The number of aromatic hydroxyl groups is 1. The molecule has 4 rings (SSSR count). The molecule has 9 heteroatoms. The molecule has 0 aliphatic carbocycles. The maximum Gasteiger partial charge on any atom is 0.322 e. The van der Waals surface area contributed by atoms with Crippen LogP contribution in [0.3, 0.4) is 0 Å². The van der Waals surface area contributed by atoms with Crippen LogP contribution in [0, 0.1) is 5.82 Å². The van der Waals surface area contributed by atoms with E-state index in [0.29, 0.717) is 5.56 Å². The molecule has 1 saturated heterocycles. The predicted molar refractivity (Wildman–Crippen MR) is 79.9 cm³/mol. The Morgan fingerprint density at radius 3 is 2.72 bits per heavy atom. The molecule has 8 nitrogen and oxygen atoms in total. The first-order valence-corrected chi connectivity index (χ1v) is 7.39. The third-order valence-electron chi connectivity index (χ3n) is 4.38. The average molecular weight is 345 g/mol. The number of benzene rings is 1. The summed E-state index contributed by atoms with van der Waals surface area (Å²) in [5.41, 5.74) is -1.45. The molecule has 0 bridgehead atoms. The number of halogens is 1. The summed E-state index contributed by atoms with van der Waals surface area (Å²) >= 11 is 0. The Labute approximate surface area is 140 Å². The van der Waals surface area contributed by atoms with Crippen molar-refractivity contribution in [3.63, 3.8) is 0 Å². The second-order valence-corrected chi connectivity index (χ2v) is 5.88. The van der Waals surface area contributed by atoms with Gasteiger partial charge in [-0.2, -0.15) is 0 Å². The van der Waals surface area contributed by atoms with Crippen LogP contribution in [0.25, 0.3) is 0 Å². The minimum Gasteiger partial charge on any atom is -0.505 e. The Balaban J connectivity index is 1.72. The maximum absolute atomic E-state index is 14.1. The summed E-state index contributed by atoms with van der Waals surface area (Å²) in [6, 6.07) is 4.95. The van der Waals surface area contributed by atoms with Crippen molar-refractivity contribution in [3.8, 4) is 5.75 Å². The number of imide groups is 1. The monoisotopic (exact) mass is 345 g/mol. The second kappa shape index (κ2) is 5.07. The van der Waals surface area contributed by atoms with Crippen LogP contribution in [0.15, 0.2) is 34.9 Å². The van der Waals surface area contributed by atoms with E-state index in [9.17, 15) is 23.9 Å². The number of hydrogen-bond acceptors (Lipinski definition) is 5. The Kier molecular flexibility index (Phi) is 3.08. The molecule has 1 aromatic carbocycles. The molecule has 0 radical (unpaired) electrons. The largest absolute Gasteiger partial charge is 0.505 e. The van der Waals surface area contributed by atoms with Gasteiger partial charge in [0.2, 0.25) is 0 Å². The van der Waals surface area contributed by atoms with Gasteiger partial charge in [0, 0.05) is 6.54 Å². The highest BCUT2D eigenvalue weighted by atomic mass is 19.1. The lowest BCUT2D eigenvalue weighted by Gasteiger charge is -2.28. The van der Waals surface area contributed by atoms with Gasteiger partial charge >= 0.3 is 6.03 Å². The van der Waals surface area contributed by atoms with Crippen LogP contribution in [-0.4, -0.2) is 34.4 Å². The number of carbonyl (C=O) groups excluding carboxylic acids is 3. The van der Waals surface area contributed by atoms with Crippen molar-refractivity contribution in [1.82, 2.24) is 15.5 Å². The predicted octanol–water partition coefficient (Wildman–Crippen LogP) is 0.815. The van der Waals surface area contributed by atoms with Gasteiger partial charge in [-0.25, -0.2) is 9.18 Å². The topological polar surface area (TPSA) is 112 Å². The molecule has 128 valence electrons. The summed E-state index contributed by atoms with van der Waals surface area (Å²) in [5.74, 6) is -2.82. The fourth-order valence-corrected chi connectivity index (χ4v) is 3.19. The molecule has 1 atom stereocenters. The summed E-state index contributed by atoms with van der Waals surface area (Å²) in [4.78, 5) is 37.8. The summed E-state index contributed by atoms with van der Waals surface area (Å²) in [5, 5.41) is 14.1. The van der Waals surface area contributed by atoms with Gasteiger partial charge in [-0.05, 0) is 23.8 Å². The third-order valence-corrected chi connectivity index (χ3v) is 4.38. The van der Waals surface area contributed by atoms with Gasteiger partial charge < -0.3 is 19.7 Å². The molecule has 3 N–H and O–H groups in total. The summed E-state index contributed by atoms with van der Waals surface area (Å²) in [7, 11) is 0. The number of nitrogens with one attached hydrogen (secondary N) is 2. The zero-order valence-electron chi connectivity index (χ0n) is 12.7. The van der Waals surface area contributed by atoms with Crippen LogP contribution in [0.2, 0.25) is 0 Å². The number of urea groups is 1. The van der Waals surface area contributed by atoms with Gasteiger partial charge in [0.15, 0.2) is 17.1 Å². The number of phenols is 1. The van der Waals surface area contributed by atoms with Gasteiger partial charge in [-0.3, -0.25) is 14.9 Å². The lowest BCUT2D eigenvalue weighted by Crippen LogP contribution is -2.52.